The number of benzene rings is 2. The lowest BCUT2D eigenvalue weighted by Crippen LogP contribution is -2.43. The van der Waals surface area contributed by atoms with Crippen LogP contribution in [0, 0.1) is 5.82 Å². The number of nitrogens with one attached hydrogen (secondary N) is 1. The van der Waals surface area contributed by atoms with Crippen LogP contribution in [0.5, 0.6) is 5.75 Å². The normalized spacial score (nSPS) is 14.7. The van der Waals surface area contributed by atoms with Crippen molar-refractivity contribution >= 4 is 23.1 Å². The second-order valence-electron chi connectivity index (χ2n) is 6.75. The Labute approximate surface area is 167 Å². The zero-order valence-electron chi connectivity index (χ0n) is 15.3. The molecule has 0 atom stereocenters. The highest BCUT2D eigenvalue weighted by molar-refractivity contribution is 7.13. The minimum absolute atomic E-state index is 0.0386. The lowest BCUT2D eigenvalue weighted by Gasteiger charge is -2.32. The fraction of sp³-hybridized carbons (Fsp3) is 0.227. The van der Waals surface area contributed by atoms with Crippen LogP contribution in [0.15, 0.2) is 66.0 Å². The summed E-state index contributed by atoms with van der Waals surface area (Å²) in [6, 6.07) is 17.9. The van der Waals surface area contributed by atoms with Crippen LogP contribution in [-0.4, -0.2) is 30.1 Å². The fourth-order valence-electron chi connectivity index (χ4n) is 3.28. The molecule has 2 aromatic carbocycles. The first-order valence-electron chi connectivity index (χ1n) is 9.29. The Morgan fingerprint density at radius 1 is 1.07 bits per heavy atom. The summed E-state index contributed by atoms with van der Waals surface area (Å²) in [6.07, 6.45) is 1.54. The van der Waals surface area contributed by atoms with Crippen molar-refractivity contribution in [2.24, 2.45) is 0 Å². The van der Waals surface area contributed by atoms with E-state index < -0.39 is 0 Å². The van der Waals surface area contributed by atoms with Gasteiger partial charge in [-0.15, -0.1) is 11.3 Å². The van der Waals surface area contributed by atoms with Crippen molar-refractivity contribution < 1.29 is 13.9 Å². The number of ether oxygens (including phenoxy) is 1. The number of hydrogen-bond donors (Lipinski definition) is 1. The minimum Gasteiger partial charge on any atom is -0.490 e. The van der Waals surface area contributed by atoms with E-state index in [4.69, 9.17) is 4.74 Å². The van der Waals surface area contributed by atoms with Crippen molar-refractivity contribution in [3.63, 3.8) is 0 Å². The van der Waals surface area contributed by atoms with E-state index in [1.165, 1.54) is 17.0 Å². The van der Waals surface area contributed by atoms with Crippen LogP contribution in [0.2, 0.25) is 0 Å². The lowest BCUT2D eigenvalue weighted by atomic mass is 10.1. The van der Waals surface area contributed by atoms with Gasteiger partial charge in [0.1, 0.15) is 17.7 Å². The molecule has 0 radical (unpaired) electrons. The molecule has 0 saturated carbocycles. The Balaban J connectivity index is 1.31. The van der Waals surface area contributed by atoms with Gasteiger partial charge in [-0.05, 0) is 53.4 Å². The first kappa shape index (κ1) is 18.5. The highest BCUT2D eigenvalue weighted by Crippen LogP contribution is 2.27. The van der Waals surface area contributed by atoms with Gasteiger partial charge in [0.15, 0.2) is 0 Å². The van der Waals surface area contributed by atoms with Crippen LogP contribution >= 0.6 is 11.3 Å². The Hall–Kier alpha value is -2.86. The zero-order chi connectivity index (χ0) is 19.3. The summed E-state index contributed by atoms with van der Waals surface area (Å²) in [4.78, 5) is 15.6. The molecule has 0 aliphatic carbocycles. The van der Waals surface area contributed by atoms with E-state index in [0.717, 1.165) is 24.1 Å². The lowest BCUT2D eigenvalue weighted by molar-refractivity contribution is 0.115. The SMILES string of the molecule is O=C(Nc1cccc(-c2cccs2)c1)N1CCC(Oc2ccc(F)cc2)CC1. The molecule has 144 valence electrons. The number of nitrogens with zero attached hydrogens (tertiary/aromatic N) is 1. The van der Waals surface area contributed by atoms with E-state index in [9.17, 15) is 9.18 Å². The van der Waals surface area contributed by atoms with Gasteiger partial charge in [-0.3, -0.25) is 0 Å². The van der Waals surface area contributed by atoms with E-state index in [1.54, 1.807) is 23.5 Å². The average molecular weight is 396 g/mol. The van der Waals surface area contributed by atoms with Crippen molar-refractivity contribution in [3.05, 3.63) is 71.9 Å². The predicted octanol–water partition coefficient (Wildman–Crippen LogP) is 5.63. The van der Waals surface area contributed by atoms with Crippen molar-refractivity contribution in [1.29, 1.82) is 0 Å². The molecule has 1 fully saturated rings. The Morgan fingerprint density at radius 3 is 2.57 bits per heavy atom. The summed E-state index contributed by atoms with van der Waals surface area (Å²) >= 11 is 1.68. The molecule has 28 heavy (non-hydrogen) atoms. The molecule has 2 heterocycles. The molecule has 1 N–H and O–H groups in total. The number of piperidine rings is 1. The minimum atomic E-state index is -0.276. The number of anilines is 1. The van der Waals surface area contributed by atoms with Crippen LogP contribution in [0.25, 0.3) is 10.4 Å². The van der Waals surface area contributed by atoms with Gasteiger partial charge in [0.05, 0.1) is 0 Å². The van der Waals surface area contributed by atoms with Crippen LogP contribution in [0.3, 0.4) is 0 Å². The molecule has 2 amide bonds. The monoisotopic (exact) mass is 396 g/mol. The second kappa shape index (κ2) is 8.44. The van der Waals surface area contributed by atoms with E-state index >= 15 is 0 Å². The Bertz CT molecular complexity index is 920. The predicted molar refractivity (Wildman–Crippen MR) is 110 cm³/mol. The molecular weight excluding hydrogens is 375 g/mol. The summed E-state index contributed by atoms with van der Waals surface area (Å²) in [5, 5.41) is 5.03. The first-order chi connectivity index (χ1) is 13.7. The van der Waals surface area contributed by atoms with Gasteiger partial charge in [0.2, 0.25) is 0 Å². The first-order valence-corrected chi connectivity index (χ1v) is 10.2. The van der Waals surface area contributed by atoms with Gasteiger partial charge in [-0.25, -0.2) is 9.18 Å². The highest BCUT2D eigenvalue weighted by Gasteiger charge is 2.24. The zero-order valence-corrected chi connectivity index (χ0v) is 16.1. The maximum atomic E-state index is 13.0. The van der Waals surface area contributed by atoms with E-state index in [2.05, 4.69) is 11.4 Å². The summed E-state index contributed by atoms with van der Waals surface area (Å²) in [6.45, 7) is 1.25. The third kappa shape index (κ3) is 4.51. The van der Waals surface area contributed by atoms with Crippen molar-refractivity contribution in [3.8, 4) is 16.2 Å². The molecule has 6 heteroatoms. The van der Waals surface area contributed by atoms with Crippen LogP contribution in [-0.2, 0) is 0 Å². The molecule has 0 spiro atoms. The number of hydrogen-bond acceptors (Lipinski definition) is 3. The molecule has 0 unspecified atom stereocenters. The maximum absolute atomic E-state index is 13.0. The Morgan fingerprint density at radius 2 is 1.86 bits per heavy atom. The third-order valence-corrected chi connectivity index (χ3v) is 5.68. The molecule has 4 nitrogen and oxygen atoms in total. The number of halogens is 1. The quantitative estimate of drug-likeness (QED) is 0.621. The highest BCUT2D eigenvalue weighted by atomic mass is 32.1. The number of thiophene rings is 1. The number of rotatable bonds is 4. The Kier molecular flexibility index (Phi) is 5.58. The second-order valence-corrected chi connectivity index (χ2v) is 7.69. The molecule has 1 saturated heterocycles. The third-order valence-electron chi connectivity index (χ3n) is 4.77. The topological polar surface area (TPSA) is 41.6 Å². The molecule has 3 aromatic rings. The van der Waals surface area contributed by atoms with Gasteiger partial charge < -0.3 is 15.0 Å². The molecule has 1 aliphatic rings. The summed E-state index contributed by atoms with van der Waals surface area (Å²) < 4.78 is 18.9. The van der Waals surface area contributed by atoms with Crippen LogP contribution < -0.4 is 10.1 Å². The summed E-state index contributed by atoms with van der Waals surface area (Å²) in [7, 11) is 0. The van der Waals surface area contributed by atoms with Gasteiger partial charge in [-0.1, -0.05) is 18.2 Å². The largest absolute Gasteiger partial charge is 0.490 e. The van der Waals surface area contributed by atoms with Crippen molar-refractivity contribution in [1.82, 2.24) is 4.90 Å². The van der Waals surface area contributed by atoms with Gasteiger partial charge in [0.25, 0.3) is 0 Å². The van der Waals surface area contributed by atoms with Crippen LogP contribution in [0.1, 0.15) is 12.8 Å². The molecular formula is C22H21FN2O2S. The maximum Gasteiger partial charge on any atom is 0.321 e. The average Bonchev–Trinajstić information content (AvgIpc) is 3.25. The molecule has 1 aromatic heterocycles. The van der Waals surface area contributed by atoms with E-state index in [1.807, 2.05) is 40.6 Å². The number of urea groups is 1. The van der Waals surface area contributed by atoms with Gasteiger partial charge >= 0.3 is 6.03 Å². The van der Waals surface area contributed by atoms with Crippen molar-refractivity contribution in [2.75, 3.05) is 18.4 Å². The molecule has 4 rings (SSSR count). The smallest absolute Gasteiger partial charge is 0.321 e. The number of carbonyl (C=O) groups excluding carboxylic acids is 1. The summed E-state index contributed by atoms with van der Waals surface area (Å²) in [5.41, 5.74) is 1.89. The molecule has 0 bridgehead atoms. The summed E-state index contributed by atoms with van der Waals surface area (Å²) in [5.74, 6) is 0.386. The molecule has 1 aliphatic heterocycles. The number of amides is 2. The number of likely N-dealkylation sites (tertiary alicyclic amines) is 1. The standard InChI is InChI=1S/C22H21FN2O2S/c23-17-6-8-19(9-7-17)27-20-10-12-25(13-11-20)22(26)24-18-4-1-3-16(15-18)21-5-2-14-28-21/h1-9,14-15,20H,10-13H2,(H,24,26). The van der Waals surface area contributed by atoms with Gasteiger partial charge in [0, 0.05) is 36.5 Å². The van der Waals surface area contributed by atoms with E-state index in [0.29, 0.717) is 18.8 Å². The van der Waals surface area contributed by atoms with E-state index in [-0.39, 0.29) is 18.0 Å². The van der Waals surface area contributed by atoms with Crippen molar-refractivity contribution in [2.45, 2.75) is 18.9 Å². The number of carbonyl (C=O) groups is 1. The van der Waals surface area contributed by atoms with Crippen LogP contribution in [0.4, 0.5) is 14.9 Å². The fourth-order valence-corrected chi connectivity index (χ4v) is 4.00. The van der Waals surface area contributed by atoms with Gasteiger partial charge in [-0.2, -0.15) is 0 Å².